The van der Waals surface area contributed by atoms with E-state index < -0.39 is 16.1 Å². The molecule has 0 radical (unpaired) electrons. The van der Waals surface area contributed by atoms with Crippen LogP contribution in [0, 0.1) is 6.92 Å². The lowest BCUT2D eigenvalue weighted by Gasteiger charge is -2.30. The molecule has 5 nitrogen and oxygen atoms in total. The minimum atomic E-state index is -3.58. The first-order chi connectivity index (χ1) is 11.5. The van der Waals surface area contributed by atoms with Crippen LogP contribution in [0.5, 0.6) is 0 Å². The van der Waals surface area contributed by atoms with Gasteiger partial charge in [-0.1, -0.05) is 39.8 Å². The van der Waals surface area contributed by atoms with E-state index in [-0.39, 0.29) is 10.7 Å². The van der Waals surface area contributed by atoms with E-state index in [0.717, 1.165) is 17.6 Å². The molecule has 0 fully saturated rings. The van der Waals surface area contributed by atoms with Gasteiger partial charge in [0.1, 0.15) is 6.04 Å². The average Bonchev–Trinajstić information content (AvgIpc) is 2.46. The predicted molar refractivity (Wildman–Crippen MR) is 108 cm³/mol. The molecule has 0 spiro atoms. The van der Waals surface area contributed by atoms with Crippen molar-refractivity contribution in [3.63, 3.8) is 0 Å². The molecule has 1 rings (SSSR count). The molecule has 1 unspecified atom stereocenters. The zero-order valence-corrected chi connectivity index (χ0v) is 17.6. The molecule has 1 aromatic rings. The number of rotatable bonds is 8. The lowest BCUT2D eigenvalue weighted by Crippen LogP contribution is -2.49. The number of carbonyl (C=O) groups is 1. The molecule has 1 N–H and O–H groups in total. The molecule has 0 saturated carbocycles. The maximum atomic E-state index is 12.6. The molecule has 1 atom stereocenters. The Kier molecular flexibility index (Phi) is 7.81. The molecule has 7 heteroatoms. The fourth-order valence-electron chi connectivity index (χ4n) is 2.47. The maximum absolute atomic E-state index is 12.6. The van der Waals surface area contributed by atoms with E-state index in [1.807, 2.05) is 19.9 Å². The number of benzene rings is 1. The number of thioether (sulfide) groups is 1. The first kappa shape index (κ1) is 21.8. The number of amides is 1. The van der Waals surface area contributed by atoms with E-state index in [1.165, 1.54) is 4.31 Å². The van der Waals surface area contributed by atoms with E-state index >= 15 is 0 Å². The highest BCUT2D eigenvalue weighted by atomic mass is 32.2. The highest BCUT2D eigenvalue weighted by Gasteiger charge is 2.31. The van der Waals surface area contributed by atoms with Crippen LogP contribution in [0.3, 0.4) is 0 Å². The third-order valence-electron chi connectivity index (χ3n) is 3.52. The molecule has 1 amide bonds. The number of sulfonamides is 1. The van der Waals surface area contributed by atoms with Gasteiger partial charge in [-0.05, 0) is 31.0 Å². The quantitative estimate of drug-likeness (QED) is 0.697. The summed E-state index contributed by atoms with van der Waals surface area (Å²) in [6.45, 7) is 10.6. The first-order valence-corrected chi connectivity index (χ1v) is 11.3. The van der Waals surface area contributed by atoms with Crippen molar-refractivity contribution in [1.82, 2.24) is 5.32 Å². The number of aryl methyl sites for hydroxylation is 1. The smallest absolute Gasteiger partial charge is 0.243 e. The van der Waals surface area contributed by atoms with Crippen LogP contribution in [0.1, 0.15) is 39.7 Å². The van der Waals surface area contributed by atoms with Crippen LogP contribution in [0.25, 0.3) is 0 Å². The molecule has 142 valence electrons. The van der Waals surface area contributed by atoms with Gasteiger partial charge < -0.3 is 5.32 Å². The Morgan fingerprint density at radius 1 is 1.32 bits per heavy atom. The number of nitrogens with zero attached hydrogens (tertiary/aromatic N) is 1. The molecule has 0 aromatic heterocycles. The van der Waals surface area contributed by atoms with Crippen LogP contribution in [0.4, 0.5) is 5.69 Å². The van der Waals surface area contributed by atoms with Gasteiger partial charge in [-0.15, -0.1) is 0 Å². The van der Waals surface area contributed by atoms with Crippen molar-refractivity contribution in [2.75, 3.05) is 22.9 Å². The Labute approximate surface area is 156 Å². The van der Waals surface area contributed by atoms with Crippen molar-refractivity contribution in [3.8, 4) is 0 Å². The van der Waals surface area contributed by atoms with E-state index in [0.29, 0.717) is 18.7 Å². The second kappa shape index (κ2) is 8.94. The topological polar surface area (TPSA) is 66.5 Å². The molecule has 0 aliphatic carbocycles. The molecular weight excluding hydrogens is 356 g/mol. The monoisotopic (exact) mass is 386 g/mol. The summed E-state index contributed by atoms with van der Waals surface area (Å²) in [5.74, 6) is 0.526. The van der Waals surface area contributed by atoms with Gasteiger partial charge in [0.15, 0.2) is 0 Å². The number of hydrogen-bond acceptors (Lipinski definition) is 4. The Morgan fingerprint density at radius 2 is 1.96 bits per heavy atom. The normalized spacial score (nSPS) is 13.4. The number of carbonyl (C=O) groups excluding carboxylic acids is 1. The second-order valence-electron chi connectivity index (χ2n) is 7.07. The third kappa shape index (κ3) is 7.28. The summed E-state index contributed by atoms with van der Waals surface area (Å²) in [7, 11) is -3.58. The Bertz CT molecular complexity index is 682. The third-order valence-corrected chi connectivity index (χ3v) is 5.98. The van der Waals surface area contributed by atoms with E-state index in [9.17, 15) is 13.2 Å². The fourth-order valence-corrected chi connectivity index (χ4v) is 4.49. The van der Waals surface area contributed by atoms with Gasteiger partial charge in [0.05, 0.1) is 11.9 Å². The SMILES string of the molecule is CCC(C(=O)NCCSC(C)(C)C)N(c1cccc(C)c1)S(C)(=O)=O. The van der Waals surface area contributed by atoms with Crippen molar-refractivity contribution in [2.24, 2.45) is 0 Å². The summed E-state index contributed by atoms with van der Waals surface area (Å²) >= 11 is 1.76. The molecule has 0 aliphatic heterocycles. The summed E-state index contributed by atoms with van der Waals surface area (Å²) < 4.78 is 26.1. The van der Waals surface area contributed by atoms with Crippen molar-refractivity contribution in [2.45, 2.75) is 51.8 Å². The average molecular weight is 387 g/mol. The lowest BCUT2D eigenvalue weighted by atomic mass is 10.1. The van der Waals surface area contributed by atoms with Gasteiger partial charge in [0.25, 0.3) is 0 Å². The van der Waals surface area contributed by atoms with Crippen LogP contribution in [0.15, 0.2) is 24.3 Å². The standard InChI is InChI=1S/C18H30N2O3S2/c1-7-16(17(21)19-11-12-24-18(3,4)5)20(25(6,22)23)15-10-8-9-14(2)13-15/h8-10,13,16H,7,11-12H2,1-6H3,(H,19,21). The number of hydrogen-bond donors (Lipinski definition) is 1. The van der Waals surface area contributed by atoms with Crippen molar-refractivity contribution in [1.29, 1.82) is 0 Å². The van der Waals surface area contributed by atoms with Crippen molar-refractivity contribution in [3.05, 3.63) is 29.8 Å². The maximum Gasteiger partial charge on any atom is 0.243 e. The van der Waals surface area contributed by atoms with Gasteiger partial charge >= 0.3 is 0 Å². The van der Waals surface area contributed by atoms with Gasteiger partial charge in [0, 0.05) is 17.0 Å². The van der Waals surface area contributed by atoms with Crippen LogP contribution >= 0.6 is 11.8 Å². The minimum Gasteiger partial charge on any atom is -0.353 e. The summed E-state index contributed by atoms with van der Waals surface area (Å²) in [4.78, 5) is 12.6. The van der Waals surface area contributed by atoms with Gasteiger partial charge in [-0.3, -0.25) is 9.10 Å². The van der Waals surface area contributed by atoms with Crippen molar-refractivity contribution >= 4 is 33.4 Å². The van der Waals surface area contributed by atoms with Crippen LogP contribution in [0.2, 0.25) is 0 Å². The molecular formula is C18H30N2O3S2. The molecule has 0 aliphatic rings. The van der Waals surface area contributed by atoms with E-state index in [2.05, 4.69) is 26.1 Å². The summed E-state index contributed by atoms with van der Waals surface area (Å²) in [5, 5.41) is 2.88. The minimum absolute atomic E-state index is 0.134. The molecule has 25 heavy (non-hydrogen) atoms. The van der Waals surface area contributed by atoms with Crippen LogP contribution in [-0.4, -0.2) is 43.7 Å². The predicted octanol–water partition coefficient (Wildman–Crippen LogP) is 3.19. The summed E-state index contributed by atoms with van der Waals surface area (Å²) in [6, 6.07) is 6.45. The highest BCUT2D eigenvalue weighted by Crippen LogP contribution is 2.24. The first-order valence-electron chi connectivity index (χ1n) is 8.43. The second-order valence-corrected chi connectivity index (χ2v) is 10.9. The lowest BCUT2D eigenvalue weighted by molar-refractivity contribution is -0.122. The fraction of sp³-hybridized carbons (Fsp3) is 0.611. The number of anilines is 1. The Morgan fingerprint density at radius 3 is 2.44 bits per heavy atom. The van der Waals surface area contributed by atoms with Gasteiger partial charge in [-0.25, -0.2) is 8.42 Å². The largest absolute Gasteiger partial charge is 0.353 e. The summed E-state index contributed by atoms with van der Waals surface area (Å²) in [6.07, 6.45) is 1.54. The Balaban J connectivity index is 2.93. The van der Waals surface area contributed by atoms with Gasteiger partial charge in [0.2, 0.25) is 15.9 Å². The van der Waals surface area contributed by atoms with Crippen LogP contribution in [-0.2, 0) is 14.8 Å². The van der Waals surface area contributed by atoms with Gasteiger partial charge in [-0.2, -0.15) is 11.8 Å². The van der Waals surface area contributed by atoms with Crippen LogP contribution < -0.4 is 9.62 Å². The molecule has 1 aromatic carbocycles. The molecule has 0 heterocycles. The zero-order valence-electron chi connectivity index (χ0n) is 16.0. The van der Waals surface area contributed by atoms with Crippen molar-refractivity contribution < 1.29 is 13.2 Å². The number of nitrogens with one attached hydrogen (secondary N) is 1. The Hall–Kier alpha value is -1.21. The van der Waals surface area contributed by atoms with E-state index in [1.54, 1.807) is 30.0 Å². The molecule has 0 saturated heterocycles. The van der Waals surface area contributed by atoms with E-state index in [4.69, 9.17) is 0 Å². The zero-order chi connectivity index (χ0) is 19.3. The highest BCUT2D eigenvalue weighted by molar-refractivity contribution is 8.00. The summed E-state index contributed by atoms with van der Waals surface area (Å²) in [5.41, 5.74) is 1.47. The molecule has 0 bridgehead atoms.